The molecule has 1 unspecified atom stereocenters. The number of piperazine rings is 1. The number of benzene rings is 1. The van der Waals surface area contributed by atoms with Gasteiger partial charge in [-0.3, -0.25) is 9.59 Å². The molecule has 0 bridgehead atoms. The summed E-state index contributed by atoms with van der Waals surface area (Å²) in [5.74, 6) is -0.439. The molecule has 2 heterocycles. The molecule has 2 aliphatic heterocycles. The lowest BCUT2D eigenvalue weighted by Crippen LogP contribution is -2.49. The number of hydrogen-bond acceptors (Lipinski definition) is 5. The van der Waals surface area contributed by atoms with Crippen molar-refractivity contribution in [3.05, 3.63) is 29.8 Å². The maximum absolute atomic E-state index is 12.7. The highest BCUT2D eigenvalue weighted by Crippen LogP contribution is 2.21. The van der Waals surface area contributed by atoms with E-state index in [0.717, 1.165) is 23.6 Å². The van der Waals surface area contributed by atoms with Crippen molar-refractivity contribution in [2.24, 2.45) is 5.73 Å². The molecule has 142 valence electrons. The first-order chi connectivity index (χ1) is 12.4. The molecule has 8 nitrogen and oxygen atoms in total. The van der Waals surface area contributed by atoms with E-state index in [9.17, 15) is 18.0 Å². The molecule has 0 saturated carbocycles. The summed E-state index contributed by atoms with van der Waals surface area (Å²) in [6.07, 6.45) is 2.91. The van der Waals surface area contributed by atoms with Gasteiger partial charge in [-0.05, 0) is 43.5 Å². The van der Waals surface area contributed by atoms with E-state index in [1.54, 1.807) is 4.90 Å². The van der Waals surface area contributed by atoms with Gasteiger partial charge in [-0.2, -0.15) is 4.31 Å². The van der Waals surface area contributed by atoms with Crippen LogP contribution in [-0.2, 0) is 14.8 Å². The van der Waals surface area contributed by atoms with Crippen molar-refractivity contribution in [2.75, 3.05) is 32.7 Å². The van der Waals surface area contributed by atoms with Crippen LogP contribution in [0.15, 0.2) is 29.2 Å². The zero-order chi connectivity index (χ0) is 18.7. The minimum atomic E-state index is -3.75. The first-order valence-electron chi connectivity index (χ1n) is 8.81. The fraction of sp³-hybridized carbons (Fsp3) is 0.529. The second-order valence-electron chi connectivity index (χ2n) is 6.60. The minimum absolute atomic E-state index is 0.0338. The third-order valence-electron chi connectivity index (χ3n) is 4.90. The van der Waals surface area contributed by atoms with Crippen LogP contribution in [0.5, 0.6) is 0 Å². The van der Waals surface area contributed by atoms with Gasteiger partial charge in [-0.15, -0.1) is 0 Å². The molecular formula is C17H24N4O4S. The van der Waals surface area contributed by atoms with Gasteiger partial charge in [0, 0.05) is 37.8 Å². The summed E-state index contributed by atoms with van der Waals surface area (Å²) in [6, 6.07) is 5.95. The first-order valence-corrected chi connectivity index (χ1v) is 10.3. The standard InChI is InChI=1S/C17H24N4O4S/c18-11-14-3-1-2-9-21(14)17(23)13-4-6-15(7-5-13)26(24,25)20-10-8-19-16(22)12-20/h4-7,14H,1-3,8-12,18H2,(H,19,22). The highest BCUT2D eigenvalue weighted by molar-refractivity contribution is 7.89. The number of rotatable bonds is 4. The van der Waals surface area contributed by atoms with Gasteiger partial charge in [-0.1, -0.05) is 0 Å². The number of nitrogens with one attached hydrogen (secondary N) is 1. The van der Waals surface area contributed by atoms with Crippen LogP contribution in [0.2, 0.25) is 0 Å². The predicted molar refractivity (Wildman–Crippen MR) is 95.9 cm³/mol. The largest absolute Gasteiger partial charge is 0.354 e. The molecule has 2 aliphatic rings. The number of piperidine rings is 1. The second kappa shape index (κ2) is 7.73. The third-order valence-corrected chi connectivity index (χ3v) is 6.76. The maximum atomic E-state index is 12.7. The highest BCUT2D eigenvalue weighted by Gasteiger charge is 2.30. The molecule has 0 radical (unpaired) electrons. The molecule has 1 atom stereocenters. The van der Waals surface area contributed by atoms with Crippen molar-refractivity contribution >= 4 is 21.8 Å². The molecule has 26 heavy (non-hydrogen) atoms. The lowest BCUT2D eigenvalue weighted by Gasteiger charge is -2.35. The van der Waals surface area contributed by atoms with Crippen LogP contribution in [-0.4, -0.2) is 68.2 Å². The van der Waals surface area contributed by atoms with E-state index < -0.39 is 10.0 Å². The summed E-state index contributed by atoms with van der Waals surface area (Å²) in [6.45, 7) is 1.44. The average molecular weight is 380 g/mol. The molecule has 3 N–H and O–H groups in total. The van der Waals surface area contributed by atoms with Gasteiger partial charge in [0.05, 0.1) is 11.4 Å². The van der Waals surface area contributed by atoms with Gasteiger partial charge in [0.15, 0.2) is 0 Å². The number of amides is 2. The van der Waals surface area contributed by atoms with Crippen LogP contribution in [0.4, 0.5) is 0 Å². The molecule has 0 aliphatic carbocycles. The summed E-state index contributed by atoms with van der Waals surface area (Å²) < 4.78 is 26.4. The Bertz CT molecular complexity index is 778. The zero-order valence-corrected chi connectivity index (χ0v) is 15.4. The summed E-state index contributed by atoms with van der Waals surface area (Å²) in [5, 5.41) is 2.60. The van der Waals surface area contributed by atoms with E-state index in [1.807, 2.05) is 0 Å². The number of nitrogens with two attached hydrogens (primary N) is 1. The van der Waals surface area contributed by atoms with Crippen LogP contribution in [0.1, 0.15) is 29.6 Å². The zero-order valence-electron chi connectivity index (χ0n) is 14.6. The number of hydrogen-bond donors (Lipinski definition) is 2. The van der Waals surface area contributed by atoms with Gasteiger partial charge in [0.1, 0.15) is 0 Å². The summed E-state index contributed by atoms with van der Waals surface area (Å²) in [7, 11) is -3.75. The van der Waals surface area contributed by atoms with Crippen molar-refractivity contribution in [3.8, 4) is 0 Å². The van der Waals surface area contributed by atoms with Crippen LogP contribution in [0, 0.1) is 0 Å². The molecule has 2 amide bonds. The van der Waals surface area contributed by atoms with E-state index in [-0.39, 0.29) is 35.8 Å². The summed E-state index contributed by atoms with van der Waals surface area (Å²) in [4.78, 5) is 26.0. The molecule has 0 spiro atoms. The molecule has 1 aromatic rings. The topological polar surface area (TPSA) is 113 Å². The Morgan fingerprint density at radius 3 is 2.58 bits per heavy atom. The molecule has 1 aromatic carbocycles. The van der Waals surface area contributed by atoms with Crippen LogP contribution in [0.3, 0.4) is 0 Å². The van der Waals surface area contributed by atoms with Gasteiger partial charge in [0.2, 0.25) is 15.9 Å². The van der Waals surface area contributed by atoms with Crippen LogP contribution in [0.25, 0.3) is 0 Å². The van der Waals surface area contributed by atoms with Crippen LogP contribution >= 0.6 is 0 Å². The molecular weight excluding hydrogens is 356 g/mol. The Kier molecular flexibility index (Phi) is 5.59. The molecule has 2 saturated heterocycles. The lowest BCUT2D eigenvalue weighted by molar-refractivity contribution is -0.122. The quantitative estimate of drug-likeness (QED) is 0.749. The Balaban J connectivity index is 1.77. The summed E-state index contributed by atoms with van der Waals surface area (Å²) >= 11 is 0. The van der Waals surface area contributed by atoms with Gasteiger partial charge in [-0.25, -0.2) is 8.42 Å². The van der Waals surface area contributed by atoms with Gasteiger partial charge >= 0.3 is 0 Å². The summed E-state index contributed by atoms with van der Waals surface area (Å²) in [5.41, 5.74) is 6.22. The number of carbonyl (C=O) groups is 2. The van der Waals surface area contributed by atoms with Crippen molar-refractivity contribution in [1.82, 2.24) is 14.5 Å². The Morgan fingerprint density at radius 1 is 1.19 bits per heavy atom. The lowest BCUT2D eigenvalue weighted by atomic mass is 10.0. The van der Waals surface area contributed by atoms with Gasteiger partial charge < -0.3 is 16.0 Å². The molecule has 0 aromatic heterocycles. The van der Waals surface area contributed by atoms with E-state index in [4.69, 9.17) is 5.73 Å². The highest BCUT2D eigenvalue weighted by atomic mass is 32.2. The van der Waals surface area contributed by atoms with Crippen molar-refractivity contribution in [3.63, 3.8) is 0 Å². The Hall–Kier alpha value is -1.97. The smallest absolute Gasteiger partial charge is 0.254 e. The fourth-order valence-corrected chi connectivity index (χ4v) is 4.81. The van der Waals surface area contributed by atoms with E-state index in [0.29, 0.717) is 25.2 Å². The molecule has 2 fully saturated rings. The Labute approximate surface area is 153 Å². The number of sulfonamides is 1. The van der Waals surface area contributed by atoms with Crippen molar-refractivity contribution in [1.29, 1.82) is 0 Å². The van der Waals surface area contributed by atoms with Crippen molar-refractivity contribution < 1.29 is 18.0 Å². The number of nitrogens with zero attached hydrogens (tertiary/aromatic N) is 2. The maximum Gasteiger partial charge on any atom is 0.254 e. The van der Waals surface area contributed by atoms with E-state index in [1.165, 1.54) is 24.3 Å². The van der Waals surface area contributed by atoms with E-state index in [2.05, 4.69) is 5.32 Å². The monoisotopic (exact) mass is 380 g/mol. The average Bonchev–Trinajstić information content (AvgIpc) is 2.67. The van der Waals surface area contributed by atoms with Gasteiger partial charge in [0.25, 0.3) is 5.91 Å². The normalized spacial score (nSPS) is 22.1. The first kappa shape index (κ1) is 18.8. The minimum Gasteiger partial charge on any atom is -0.354 e. The predicted octanol–water partition coefficient (Wildman–Crippen LogP) is -0.239. The van der Waals surface area contributed by atoms with E-state index >= 15 is 0 Å². The second-order valence-corrected chi connectivity index (χ2v) is 8.53. The third kappa shape index (κ3) is 3.74. The SMILES string of the molecule is NCC1CCCCN1C(=O)c1ccc(S(=O)(=O)N2CCNC(=O)C2)cc1. The molecule has 9 heteroatoms. The molecule has 3 rings (SSSR count). The Morgan fingerprint density at radius 2 is 1.92 bits per heavy atom. The fourth-order valence-electron chi connectivity index (χ4n) is 3.42. The number of carbonyl (C=O) groups excluding carboxylic acids is 2. The van der Waals surface area contributed by atoms with Crippen LogP contribution < -0.4 is 11.1 Å². The van der Waals surface area contributed by atoms with Crippen molar-refractivity contribution in [2.45, 2.75) is 30.2 Å². The number of likely N-dealkylation sites (tertiary alicyclic amines) is 1.